The third-order valence-electron chi connectivity index (χ3n) is 1.27. The van der Waals surface area contributed by atoms with E-state index in [1.165, 1.54) is 4.90 Å². The number of hydrogen-bond donors (Lipinski definition) is 2. The number of nitrogens with zero attached hydrogens (tertiary/aromatic N) is 1. The molecule has 0 heterocycles. The van der Waals surface area contributed by atoms with Crippen LogP contribution in [0.3, 0.4) is 0 Å². The van der Waals surface area contributed by atoms with Crippen LogP contribution in [0.5, 0.6) is 0 Å². The Kier molecular flexibility index (Phi) is 4.56. The van der Waals surface area contributed by atoms with Gasteiger partial charge in [0.2, 0.25) is 0 Å². The molecule has 66 valence electrons. The molecule has 0 aliphatic heterocycles. The first-order valence-electron chi connectivity index (χ1n) is 3.33. The Morgan fingerprint density at radius 3 is 2.64 bits per heavy atom. The van der Waals surface area contributed by atoms with Crippen LogP contribution in [0.2, 0.25) is 0 Å². The molecule has 0 rings (SSSR count). The Morgan fingerprint density at radius 1 is 1.73 bits per heavy atom. The smallest absolute Gasteiger partial charge is 0.314 e. The summed E-state index contributed by atoms with van der Waals surface area (Å²) in [5, 5.41) is 0. The van der Waals surface area contributed by atoms with E-state index in [-0.39, 0.29) is 6.04 Å². The van der Waals surface area contributed by atoms with Crippen LogP contribution in [-0.2, 0) is 4.74 Å². The topological polar surface area (TPSA) is 81.6 Å². The summed E-state index contributed by atoms with van der Waals surface area (Å²) in [7, 11) is 3.15. The monoisotopic (exact) mass is 161 g/mol. The minimum absolute atomic E-state index is 0.169. The van der Waals surface area contributed by atoms with Crippen molar-refractivity contribution in [3.05, 3.63) is 0 Å². The molecule has 0 aromatic heterocycles. The van der Waals surface area contributed by atoms with E-state index in [4.69, 9.17) is 16.2 Å². The standard InChI is InChI=1S/C6H15N3O2/c1-9(6(8)10)3-5(7)4-11-2/h5H,3-4,7H2,1-2H3,(H2,8,10). The normalized spacial score (nSPS) is 12.6. The lowest BCUT2D eigenvalue weighted by molar-refractivity contribution is 0.163. The molecular formula is C6H15N3O2. The first-order chi connectivity index (χ1) is 5.07. The van der Waals surface area contributed by atoms with Gasteiger partial charge in [0.1, 0.15) is 0 Å². The number of carbonyl (C=O) groups is 1. The van der Waals surface area contributed by atoms with Gasteiger partial charge in [0.05, 0.1) is 6.61 Å². The lowest BCUT2D eigenvalue weighted by Gasteiger charge is -2.18. The van der Waals surface area contributed by atoms with E-state index >= 15 is 0 Å². The highest BCUT2D eigenvalue weighted by molar-refractivity contribution is 5.71. The van der Waals surface area contributed by atoms with Crippen LogP contribution in [0.4, 0.5) is 4.79 Å². The third-order valence-corrected chi connectivity index (χ3v) is 1.27. The fourth-order valence-electron chi connectivity index (χ4n) is 0.709. The van der Waals surface area contributed by atoms with Crippen LogP contribution in [-0.4, -0.2) is 44.3 Å². The number of hydrogen-bond acceptors (Lipinski definition) is 3. The highest BCUT2D eigenvalue weighted by atomic mass is 16.5. The van der Waals surface area contributed by atoms with E-state index < -0.39 is 6.03 Å². The van der Waals surface area contributed by atoms with Gasteiger partial charge < -0.3 is 21.1 Å². The van der Waals surface area contributed by atoms with Gasteiger partial charge in [0.15, 0.2) is 0 Å². The van der Waals surface area contributed by atoms with Crippen molar-refractivity contribution in [3.63, 3.8) is 0 Å². The average Bonchev–Trinajstić information content (AvgIpc) is 1.87. The number of carbonyl (C=O) groups excluding carboxylic acids is 1. The molecular weight excluding hydrogens is 146 g/mol. The van der Waals surface area contributed by atoms with Gasteiger partial charge in [-0.05, 0) is 0 Å². The molecule has 0 bridgehead atoms. The van der Waals surface area contributed by atoms with Crippen LogP contribution in [0.1, 0.15) is 0 Å². The van der Waals surface area contributed by atoms with Crippen molar-refractivity contribution in [2.75, 3.05) is 27.3 Å². The first-order valence-corrected chi connectivity index (χ1v) is 3.33. The van der Waals surface area contributed by atoms with Crippen molar-refractivity contribution in [2.45, 2.75) is 6.04 Å². The molecule has 0 saturated carbocycles. The molecule has 1 atom stereocenters. The molecule has 0 aromatic carbocycles. The predicted molar refractivity (Wildman–Crippen MR) is 42.1 cm³/mol. The lowest BCUT2D eigenvalue weighted by atomic mass is 10.3. The Hall–Kier alpha value is -0.810. The zero-order valence-electron chi connectivity index (χ0n) is 6.91. The van der Waals surface area contributed by atoms with Gasteiger partial charge in [-0.1, -0.05) is 0 Å². The second-order valence-corrected chi connectivity index (χ2v) is 2.43. The summed E-state index contributed by atoms with van der Waals surface area (Å²) in [5.41, 5.74) is 10.5. The van der Waals surface area contributed by atoms with E-state index in [1.54, 1.807) is 14.2 Å². The number of urea groups is 1. The number of methoxy groups -OCH3 is 1. The van der Waals surface area contributed by atoms with Gasteiger partial charge >= 0.3 is 6.03 Å². The number of amides is 2. The van der Waals surface area contributed by atoms with E-state index in [0.29, 0.717) is 13.2 Å². The van der Waals surface area contributed by atoms with E-state index in [9.17, 15) is 4.79 Å². The second kappa shape index (κ2) is 4.92. The van der Waals surface area contributed by atoms with E-state index in [1.807, 2.05) is 0 Å². The zero-order chi connectivity index (χ0) is 8.85. The summed E-state index contributed by atoms with van der Waals surface area (Å²) in [6.45, 7) is 0.848. The first kappa shape index (κ1) is 10.2. The predicted octanol–water partition coefficient (Wildman–Crippen LogP) is -1.03. The van der Waals surface area contributed by atoms with Gasteiger partial charge in [0, 0.05) is 26.7 Å². The van der Waals surface area contributed by atoms with Crippen molar-refractivity contribution < 1.29 is 9.53 Å². The maximum atomic E-state index is 10.5. The molecule has 2 amide bonds. The Balaban J connectivity index is 3.56. The van der Waals surface area contributed by atoms with Gasteiger partial charge in [-0.15, -0.1) is 0 Å². The summed E-state index contributed by atoms with van der Waals surface area (Å²) in [6, 6.07) is -0.644. The molecule has 0 spiro atoms. The minimum Gasteiger partial charge on any atom is -0.383 e. The van der Waals surface area contributed by atoms with Gasteiger partial charge in [-0.25, -0.2) is 4.79 Å². The molecule has 0 aliphatic rings. The molecule has 0 radical (unpaired) electrons. The molecule has 5 nitrogen and oxygen atoms in total. The number of rotatable bonds is 4. The molecule has 0 aromatic rings. The molecule has 5 heteroatoms. The Morgan fingerprint density at radius 2 is 2.27 bits per heavy atom. The second-order valence-electron chi connectivity index (χ2n) is 2.43. The SMILES string of the molecule is COCC(N)CN(C)C(N)=O. The molecule has 0 aliphatic carbocycles. The zero-order valence-corrected chi connectivity index (χ0v) is 6.91. The van der Waals surface area contributed by atoms with Gasteiger partial charge in [0.25, 0.3) is 0 Å². The Labute approximate surface area is 66.3 Å². The molecule has 0 fully saturated rings. The van der Waals surface area contributed by atoms with Gasteiger partial charge in [-0.2, -0.15) is 0 Å². The average molecular weight is 161 g/mol. The summed E-state index contributed by atoms with van der Waals surface area (Å²) in [4.78, 5) is 11.8. The van der Waals surface area contributed by atoms with Crippen LogP contribution in [0, 0.1) is 0 Å². The van der Waals surface area contributed by atoms with Crippen LogP contribution < -0.4 is 11.5 Å². The van der Waals surface area contributed by atoms with Crippen LogP contribution in [0.15, 0.2) is 0 Å². The lowest BCUT2D eigenvalue weighted by Crippen LogP contribution is -2.43. The largest absolute Gasteiger partial charge is 0.383 e. The van der Waals surface area contributed by atoms with Crippen LogP contribution >= 0.6 is 0 Å². The van der Waals surface area contributed by atoms with Crippen molar-refractivity contribution in [1.29, 1.82) is 0 Å². The molecule has 1 unspecified atom stereocenters. The number of likely N-dealkylation sites (N-methyl/N-ethyl adjacent to an activating group) is 1. The number of ether oxygens (including phenoxy) is 1. The van der Waals surface area contributed by atoms with E-state index in [0.717, 1.165) is 0 Å². The quantitative estimate of drug-likeness (QED) is 0.553. The summed E-state index contributed by atoms with van der Waals surface area (Å²) < 4.78 is 4.78. The third kappa shape index (κ3) is 4.58. The summed E-state index contributed by atoms with van der Waals surface area (Å²) in [6.07, 6.45) is 0. The number of nitrogens with two attached hydrogens (primary N) is 2. The maximum Gasteiger partial charge on any atom is 0.314 e. The highest BCUT2D eigenvalue weighted by Crippen LogP contribution is 1.86. The highest BCUT2D eigenvalue weighted by Gasteiger charge is 2.08. The van der Waals surface area contributed by atoms with Crippen molar-refractivity contribution in [2.24, 2.45) is 11.5 Å². The van der Waals surface area contributed by atoms with Crippen molar-refractivity contribution in [3.8, 4) is 0 Å². The fraction of sp³-hybridized carbons (Fsp3) is 0.833. The Bertz CT molecular complexity index is 129. The number of primary amides is 1. The molecule has 11 heavy (non-hydrogen) atoms. The summed E-state index contributed by atoms with van der Waals surface area (Å²) >= 11 is 0. The summed E-state index contributed by atoms with van der Waals surface area (Å²) in [5.74, 6) is 0. The van der Waals surface area contributed by atoms with Crippen LogP contribution in [0.25, 0.3) is 0 Å². The fourth-order valence-corrected chi connectivity index (χ4v) is 0.709. The van der Waals surface area contributed by atoms with Gasteiger partial charge in [-0.3, -0.25) is 0 Å². The maximum absolute atomic E-state index is 10.5. The van der Waals surface area contributed by atoms with Crippen molar-refractivity contribution >= 4 is 6.03 Å². The van der Waals surface area contributed by atoms with E-state index in [2.05, 4.69) is 0 Å². The minimum atomic E-state index is -0.475. The molecule has 0 saturated heterocycles. The molecule has 4 N–H and O–H groups in total. The van der Waals surface area contributed by atoms with Crippen molar-refractivity contribution in [1.82, 2.24) is 4.90 Å².